The molecule has 25 heavy (non-hydrogen) atoms. The summed E-state index contributed by atoms with van der Waals surface area (Å²) in [6, 6.07) is 9.99. The van der Waals surface area contributed by atoms with Crippen molar-refractivity contribution in [3.63, 3.8) is 0 Å². The maximum absolute atomic E-state index is 12.2. The van der Waals surface area contributed by atoms with Crippen LogP contribution in [0.15, 0.2) is 44.2 Å². The van der Waals surface area contributed by atoms with Gasteiger partial charge in [0.05, 0.1) is 10.4 Å². The Morgan fingerprint density at radius 1 is 1.32 bits per heavy atom. The van der Waals surface area contributed by atoms with Gasteiger partial charge in [-0.1, -0.05) is 12.1 Å². The topological polar surface area (TPSA) is 76.4 Å². The first-order valence-electron chi connectivity index (χ1n) is 7.00. The minimum Gasteiger partial charge on any atom is -0.462 e. The van der Waals surface area contributed by atoms with E-state index in [9.17, 15) is 9.59 Å². The highest BCUT2D eigenvalue weighted by Gasteiger charge is 2.15. The Morgan fingerprint density at radius 3 is 2.68 bits per heavy atom. The molecule has 0 aliphatic rings. The molecule has 5 nitrogen and oxygen atoms in total. The van der Waals surface area contributed by atoms with Crippen LogP contribution in [0.4, 0.5) is 0 Å². The average Bonchev–Trinajstić information content (AvgIpc) is 2.92. The number of ether oxygens (including phenoxy) is 2. The van der Waals surface area contributed by atoms with Gasteiger partial charge in [0.2, 0.25) is 0 Å². The second-order valence-corrected chi connectivity index (χ2v) is 7.81. The summed E-state index contributed by atoms with van der Waals surface area (Å²) < 4.78 is 11.7. The maximum Gasteiger partial charge on any atom is 0.353 e. The van der Waals surface area contributed by atoms with Crippen molar-refractivity contribution in [3.8, 4) is 11.8 Å². The van der Waals surface area contributed by atoms with Crippen LogP contribution in [-0.2, 0) is 9.53 Å². The zero-order valence-electron chi connectivity index (χ0n) is 12.9. The van der Waals surface area contributed by atoms with Gasteiger partial charge in [-0.3, -0.25) is 0 Å². The van der Waals surface area contributed by atoms with Crippen LogP contribution in [-0.4, -0.2) is 18.5 Å². The van der Waals surface area contributed by atoms with Crippen LogP contribution in [0.2, 0.25) is 0 Å². The van der Waals surface area contributed by atoms with Gasteiger partial charge in [-0.2, -0.15) is 5.26 Å². The molecule has 8 heteroatoms. The normalized spacial score (nSPS) is 10.9. The van der Waals surface area contributed by atoms with E-state index in [4.69, 9.17) is 14.7 Å². The zero-order valence-corrected chi connectivity index (χ0v) is 16.9. The van der Waals surface area contributed by atoms with Crippen LogP contribution in [0.25, 0.3) is 6.08 Å². The van der Waals surface area contributed by atoms with Crippen molar-refractivity contribution in [3.05, 3.63) is 54.6 Å². The number of thiophene rings is 1. The lowest BCUT2D eigenvalue weighted by atomic mass is 10.1. The number of hydrogen-bond acceptors (Lipinski definition) is 6. The summed E-state index contributed by atoms with van der Waals surface area (Å²) in [5.74, 6) is -0.885. The molecular weight excluding hydrogens is 474 g/mol. The molecule has 0 bridgehead atoms. The molecule has 0 aliphatic heterocycles. The van der Waals surface area contributed by atoms with Crippen molar-refractivity contribution in [2.45, 2.75) is 6.92 Å². The number of carbonyl (C=O) groups is 2. The number of nitrogens with zero attached hydrogens (tertiary/aromatic N) is 1. The number of halogens is 2. The van der Waals surface area contributed by atoms with Gasteiger partial charge in [-0.05, 0) is 68.6 Å². The molecule has 1 heterocycles. The SMILES string of the molecule is CCOC(=O)/C(C#N)=C/c1cccc(OC(=O)c2cc(Br)c(Br)s2)c1. The summed E-state index contributed by atoms with van der Waals surface area (Å²) in [6.07, 6.45) is 1.38. The van der Waals surface area contributed by atoms with Crippen LogP contribution >= 0.6 is 43.2 Å². The van der Waals surface area contributed by atoms with Gasteiger partial charge in [-0.25, -0.2) is 9.59 Å². The van der Waals surface area contributed by atoms with E-state index >= 15 is 0 Å². The fourth-order valence-electron chi connectivity index (χ4n) is 1.78. The standard InChI is InChI=1S/C17H11Br2NO4S/c1-2-23-16(21)11(9-20)6-10-4-3-5-12(7-10)24-17(22)14-8-13(18)15(19)25-14/h3-8H,2H2,1H3/b11-6+. The lowest BCUT2D eigenvalue weighted by molar-refractivity contribution is -0.137. The first kappa shape index (κ1) is 19.4. The molecule has 0 amide bonds. The van der Waals surface area contributed by atoms with Crippen molar-refractivity contribution in [1.82, 2.24) is 0 Å². The van der Waals surface area contributed by atoms with Gasteiger partial charge in [-0.15, -0.1) is 11.3 Å². The predicted molar refractivity (Wildman–Crippen MR) is 101 cm³/mol. The first-order valence-corrected chi connectivity index (χ1v) is 9.40. The average molecular weight is 485 g/mol. The molecule has 0 aliphatic carbocycles. The number of carbonyl (C=O) groups excluding carboxylic acids is 2. The largest absolute Gasteiger partial charge is 0.462 e. The van der Waals surface area contributed by atoms with E-state index < -0.39 is 11.9 Å². The minimum absolute atomic E-state index is 0.128. The molecule has 2 aromatic rings. The Labute approximate surface area is 165 Å². The third-order valence-corrected chi connectivity index (χ3v) is 6.08. The van der Waals surface area contributed by atoms with E-state index in [2.05, 4.69) is 31.9 Å². The predicted octanol–water partition coefficient (Wildman–Crippen LogP) is 4.96. The van der Waals surface area contributed by atoms with E-state index in [1.807, 2.05) is 0 Å². The monoisotopic (exact) mass is 483 g/mol. The molecule has 0 N–H and O–H groups in total. The van der Waals surface area contributed by atoms with Crippen molar-refractivity contribution in [2.24, 2.45) is 0 Å². The molecule has 0 radical (unpaired) electrons. The molecule has 0 spiro atoms. The lowest BCUT2D eigenvalue weighted by Gasteiger charge is -2.04. The molecule has 1 aromatic carbocycles. The van der Waals surface area contributed by atoms with Crippen LogP contribution in [0.3, 0.4) is 0 Å². The van der Waals surface area contributed by atoms with Gasteiger partial charge in [0, 0.05) is 4.47 Å². The molecule has 0 fully saturated rings. The van der Waals surface area contributed by atoms with E-state index in [1.54, 1.807) is 43.3 Å². The molecule has 1 aromatic heterocycles. The minimum atomic E-state index is -0.694. The number of nitriles is 1. The molecule has 2 rings (SSSR count). The van der Waals surface area contributed by atoms with Crippen molar-refractivity contribution in [1.29, 1.82) is 5.26 Å². The maximum atomic E-state index is 12.2. The van der Waals surface area contributed by atoms with E-state index in [1.165, 1.54) is 17.4 Å². The van der Waals surface area contributed by atoms with Crippen LogP contribution in [0, 0.1) is 11.3 Å². The van der Waals surface area contributed by atoms with E-state index in [-0.39, 0.29) is 12.2 Å². The molecular formula is C17H11Br2NO4S. The summed E-state index contributed by atoms with van der Waals surface area (Å²) >= 11 is 7.89. The van der Waals surface area contributed by atoms with Crippen LogP contribution < -0.4 is 4.74 Å². The molecule has 0 saturated heterocycles. The van der Waals surface area contributed by atoms with Gasteiger partial charge in [0.15, 0.2) is 0 Å². The first-order chi connectivity index (χ1) is 11.9. The van der Waals surface area contributed by atoms with Gasteiger partial charge in [0.1, 0.15) is 22.3 Å². The summed E-state index contributed by atoms with van der Waals surface area (Å²) in [5, 5.41) is 9.06. The number of benzene rings is 1. The highest BCUT2D eigenvalue weighted by atomic mass is 79.9. The summed E-state index contributed by atoms with van der Waals surface area (Å²) in [6.45, 7) is 1.84. The number of esters is 2. The lowest BCUT2D eigenvalue weighted by Crippen LogP contribution is -2.07. The fourth-order valence-corrected chi connectivity index (χ4v) is 3.70. The highest BCUT2D eigenvalue weighted by molar-refractivity contribution is 9.13. The van der Waals surface area contributed by atoms with Gasteiger partial charge in [0.25, 0.3) is 0 Å². The van der Waals surface area contributed by atoms with Crippen LogP contribution in [0.1, 0.15) is 22.2 Å². The highest BCUT2D eigenvalue weighted by Crippen LogP contribution is 2.33. The Balaban J connectivity index is 2.19. The van der Waals surface area contributed by atoms with E-state index in [0.29, 0.717) is 16.2 Å². The Bertz CT molecular complexity index is 864. The Hall–Kier alpha value is -1.95. The molecule has 128 valence electrons. The summed E-state index contributed by atoms with van der Waals surface area (Å²) in [5.41, 5.74) is 0.417. The Kier molecular flexibility index (Phi) is 6.93. The third-order valence-electron chi connectivity index (χ3n) is 2.84. The van der Waals surface area contributed by atoms with Crippen molar-refractivity contribution < 1.29 is 19.1 Å². The van der Waals surface area contributed by atoms with Crippen molar-refractivity contribution >= 4 is 61.2 Å². The van der Waals surface area contributed by atoms with Crippen LogP contribution in [0.5, 0.6) is 5.75 Å². The number of hydrogen-bond donors (Lipinski definition) is 0. The smallest absolute Gasteiger partial charge is 0.353 e. The third kappa shape index (κ3) is 5.26. The van der Waals surface area contributed by atoms with Gasteiger partial charge >= 0.3 is 11.9 Å². The quantitative estimate of drug-likeness (QED) is 0.259. The zero-order chi connectivity index (χ0) is 18.4. The van der Waals surface area contributed by atoms with Crippen molar-refractivity contribution in [2.75, 3.05) is 6.61 Å². The molecule has 0 atom stereocenters. The Morgan fingerprint density at radius 2 is 2.08 bits per heavy atom. The van der Waals surface area contributed by atoms with E-state index in [0.717, 1.165) is 8.26 Å². The van der Waals surface area contributed by atoms with Gasteiger partial charge < -0.3 is 9.47 Å². The summed E-state index contributed by atoms with van der Waals surface area (Å²) in [7, 11) is 0. The molecule has 0 saturated carbocycles. The number of rotatable bonds is 5. The molecule has 0 unspecified atom stereocenters. The second kappa shape index (κ2) is 8.94. The second-order valence-electron chi connectivity index (χ2n) is 4.58. The fraction of sp³-hybridized carbons (Fsp3) is 0.118. The summed E-state index contributed by atoms with van der Waals surface area (Å²) in [4.78, 5) is 24.3.